The number of benzene rings is 1. The van der Waals surface area contributed by atoms with Gasteiger partial charge in [0.05, 0.1) is 6.10 Å². The molecule has 3 atom stereocenters. The van der Waals surface area contributed by atoms with E-state index in [9.17, 15) is 0 Å². The quantitative estimate of drug-likeness (QED) is 0.868. The lowest BCUT2D eigenvalue weighted by Crippen LogP contribution is -2.63. The maximum absolute atomic E-state index is 5.89. The molecule has 0 radical (unpaired) electrons. The smallest absolute Gasteiger partial charge is 0.0694 e. The summed E-state index contributed by atoms with van der Waals surface area (Å²) in [6.45, 7) is 5.48. The number of fused-ring (bicyclic) bond motifs is 1. The summed E-state index contributed by atoms with van der Waals surface area (Å²) < 4.78 is 5.79. The second-order valence-electron chi connectivity index (χ2n) is 5.69. The summed E-state index contributed by atoms with van der Waals surface area (Å²) >= 11 is 5.89. The molecule has 92 valence electrons. The second-order valence-corrected chi connectivity index (χ2v) is 6.13. The summed E-state index contributed by atoms with van der Waals surface area (Å²) in [5, 5.41) is 4.41. The minimum Gasteiger partial charge on any atom is -0.381 e. The minimum atomic E-state index is 0.223. The van der Waals surface area contributed by atoms with Crippen LogP contribution in [0.1, 0.15) is 20.3 Å². The van der Waals surface area contributed by atoms with E-state index >= 15 is 0 Å². The first-order valence-corrected chi connectivity index (χ1v) is 6.60. The van der Waals surface area contributed by atoms with Gasteiger partial charge in [-0.25, -0.2) is 0 Å². The molecule has 3 unspecified atom stereocenters. The average molecular weight is 252 g/mol. The molecule has 1 saturated carbocycles. The first-order chi connectivity index (χ1) is 8.09. The SMILES string of the molecule is CC1(C)C(Nc2ccc(Cl)cc2)C2CCOC21. The molecule has 3 heteroatoms. The zero-order chi connectivity index (χ0) is 12.0. The topological polar surface area (TPSA) is 21.3 Å². The fourth-order valence-electron chi connectivity index (χ4n) is 3.34. The maximum atomic E-state index is 5.89. The van der Waals surface area contributed by atoms with Crippen LogP contribution in [0.3, 0.4) is 0 Å². The lowest BCUT2D eigenvalue weighted by atomic mass is 9.57. The van der Waals surface area contributed by atoms with Gasteiger partial charge in [-0.15, -0.1) is 0 Å². The average Bonchev–Trinajstić information content (AvgIpc) is 2.75. The third-order valence-corrected chi connectivity index (χ3v) is 4.52. The van der Waals surface area contributed by atoms with Crippen LogP contribution in [-0.4, -0.2) is 18.8 Å². The Morgan fingerprint density at radius 2 is 2.00 bits per heavy atom. The number of anilines is 1. The summed E-state index contributed by atoms with van der Waals surface area (Å²) in [6, 6.07) is 8.45. The van der Waals surface area contributed by atoms with Gasteiger partial charge in [-0.3, -0.25) is 0 Å². The maximum Gasteiger partial charge on any atom is 0.0694 e. The Morgan fingerprint density at radius 1 is 1.29 bits per heavy atom. The monoisotopic (exact) mass is 251 g/mol. The van der Waals surface area contributed by atoms with Crippen LogP contribution in [0.25, 0.3) is 0 Å². The molecule has 1 heterocycles. The molecule has 3 rings (SSSR count). The van der Waals surface area contributed by atoms with Crippen LogP contribution >= 0.6 is 11.6 Å². The fraction of sp³-hybridized carbons (Fsp3) is 0.571. The van der Waals surface area contributed by atoms with E-state index in [4.69, 9.17) is 16.3 Å². The van der Waals surface area contributed by atoms with Gasteiger partial charge >= 0.3 is 0 Å². The van der Waals surface area contributed by atoms with Crippen LogP contribution in [0.2, 0.25) is 5.02 Å². The molecule has 0 amide bonds. The Balaban J connectivity index is 1.75. The number of ether oxygens (including phenoxy) is 1. The van der Waals surface area contributed by atoms with Crippen molar-refractivity contribution in [1.82, 2.24) is 0 Å². The van der Waals surface area contributed by atoms with Crippen molar-refractivity contribution in [1.29, 1.82) is 0 Å². The van der Waals surface area contributed by atoms with Gasteiger partial charge < -0.3 is 10.1 Å². The fourth-order valence-corrected chi connectivity index (χ4v) is 3.47. The van der Waals surface area contributed by atoms with Crippen LogP contribution in [0.4, 0.5) is 5.69 Å². The van der Waals surface area contributed by atoms with Crippen molar-refractivity contribution < 1.29 is 4.74 Å². The summed E-state index contributed by atoms with van der Waals surface area (Å²) in [5.41, 5.74) is 1.37. The van der Waals surface area contributed by atoms with Crippen molar-refractivity contribution in [3.63, 3.8) is 0 Å². The molecular weight excluding hydrogens is 234 g/mol. The molecule has 1 aromatic carbocycles. The van der Waals surface area contributed by atoms with E-state index in [-0.39, 0.29) is 5.41 Å². The van der Waals surface area contributed by atoms with Gasteiger partial charge in [0.15, 0.2) is 0 Å². The van der Waals surface area contributed by atoms with Crippen molar-refractivity contribution in [2.45, 2.75) is 32.4 Å². The lowest BCUT2D eigenvalue weighted by molar-refractivity contribution is -0.0923. The number of hydrogen-bond donors (Lipinski definition) is 1. The van der Waals surface area contributed by atoms with E-state index in [0.29, 0.717) is 18.1 Å². The third kappa shape index (κ3) is 1.74. The summed E-state index contributed by atoms with van der Waals surface area (Å²) in [5.74, 6) is 0.667. The predicted octanol–water partition coefficient (Wildman–Crippen LogP) is 3.57. The van der Waals surface area contributed by atoms with Crippen LogP contribution in [0.5, 0.6) is 0 Å². The molecule has 2 nitrogen and oxygen atoms in total. The molecule has 1 aliphatic heterocycles. The first kappa shape index (κ1) is 11.4. The highest BCUT2D eigenvalue weighted by molar-refractivity contribution is 6.30. The molecule has 1 saturated heterocycles. The highest BCUT2D eigenvalue weighted by Crippen LogP contribution is 2.53. The van der Waals surface area contributed by atoms with Gasteiger partial charge in [-0.05, 0) is 30.7 Å². The molecule has 1 aliphatic carbocycles. The third-order valence-electron chi connectivity index (χ3n) is 4.27. The molecule has 2 fully saturated rings. The highest BCUT2D eigenvalue weighted by atomic mass is 35.5. The van der Waals surface area contributed by atoms with Crippen molar-refractivity contribution in [3.8, 4) is 0 Å². The Labute approximate surface area is 107 Å². The van der Waals surface area contributed by atoms with Gasteiger partial charge in [-0.1, -0.05) is 25.4 Å². The number of nitrogens with one attached hydrogen (secondary N) is 1. The molecule has 0 aromatic heterocycles. The standard InChI is InChI=1S/C14H18ClNO/c1-14(2)12(11-7-8-17-13(11)14)16-10-5-3-9(15)4-6-10/h3-6,11-13,16H,7-8H2,1-2H3. The number of halogens is 1. The minimum absolute atomic E-state index is 0.223. The molecule has 17 heavy (non-hydrogen) atoms. The van der Waals surface area contributed by atoms with Crippen molar-refractivity contribution >= 4 is 17.3 Å². The van der Waals surface area contributed by atoms with E-state index < -0.39 is 0 Å². The van der Waals surface area contributed by atoms with Crippen LogP contribution in [0.15, 0.2) is 24.3 Å². The van der Waals surface area contributed by atoms with E-state index in [1.165, 1.54) is 6.42 Å². The Bertz CT molecular complexity index is 415. The van der Waals surface area contributed by atoms with Crippen LogP contribution in [-0.2, 0) is 4.74 Å². The zero-order valence-corrected chi connectivity index (χ0v) is 11.0. The van der Waals surface area contributed by atoms with Gasteiger partial charge in [0.1, 0.15) is 0 Å². The summed E-state index contributed by atoms with van der Waals surface area (Å²) in [6.07, 6.45) is 1.62. The number of hydrogen-bond acceptors (Lipinski definition) is 2. The second kappa shape index (κ2) is 3.89. The largest absolute Gasteiger partial charge is 0.381 e. The molecule has 0 spiro atoms. The van der Waals surface area contributed by atoms with Gasteiger partial charge in [0.25, 0.3) is 0 Å². The van der Waals surface area contributed by atoms with Crippen molar-refractivity contribution in [3.05, 3.63) is 29.3 Å². The van der Waals surface area contributed by atoms with Crippen LogP contribution in [0, 0.1) is 11.3 Å². The zero-order valence-electron chi connectivity index (χ0n) is 10.2. The Kier molecular flexibility index (Phi) is 2.60. The Morgan fingerprint density at radius 3 is 2.71 bits per heavy atom. The van der Waals surface area contributed by atoms with E-state index in [2.05, 4.69) is 19.2 Å². The molecule has 1 aromatic rings. The normalized spacial score (nSPS) is 33.9. The molecule has 2 aliphatic rings. The molecule has 1 N–H and O–H groups in total. The molecule has 0 bridgehead atoms. The predicted molar refractivity (Wildman–Crippen MR) is 70.5 cm³/mol. The molecular formula is C14H18ClNO. The Hall–Kier alpha value is -0.730. The highest BCUT2D eigenvalue weighted by Gasteiger charge is 2.59. The van der Waals surface area contributed by atoms with E-state index in [0.717, 1.165) is 17.3 Å². The summed E-state index contributed by atoms with van der Waals surface area (Å²) in [4.78, 5) is 0. The van der Waals surface area contributed by atoms with E-state index in [1.807, 2.05) is 24.3 Å². The summed E-state index contributed by atoms with van der Waals surface area (Å²) in [7, 11) is 0. The van der Waals surface area contributed by atoms with Gasteiger partial charge in [0, 0.05) is 34.7 Å². The lowest BCUT2D eigenvalue weighted by Gasteiger charge is -2.55. The first-order valence-electron chi connectivity index (χ1n) is 6.23. The van der Waals surface area contributed by atoms with Gasteiger partial charge in [0.2, 0.25) is 0 Å². The van der Waals surface area contributed by atoms with Crippen LogP contribution < -0.4 is 5.32 Å². The van der Waals surface area contributed by atoms with Gasteiger partial charge in [-0.2, -0.15) is 0 Å². The van der Waals surface area contributed by atoms with E-state index in [1.54, 1.807) is 0 Å². The van der Waals surface area contributed by atoms with Crippen molar-refractivity contribution in [2.75, 3.05) is 11.9 Å². The number of rotatable bonds is 2. The van der Waals surface area contributed by atoms with Crippen molar-refractivity contribution in [2.24, 2.45) is 11.3 Å².